The zero-order valence-corrected chi connectivity index (χ0v) is 9.34. The molecule has 1 aromatic rings. The number of benzene rings is 1. The maximum absolute atomic E-state index is 11.8. The average Bonchev–Trinajstić information content (AvgIpc) is 2.26. The molecule has 1 rings (SSSR count). The maximum atomic E-state index is 11.8. The second kappa shape index (κ2) is 6.33. The molecule has 0 aliphatic carbocycles. The standard InChI is InChI=1S/C11H12ClFO3/c12-10-4-3-8(7-9(10)11(14)15)16-6-2-1-5-13/h3-4,7H,1-2,5-6H2,(H,14,15). The van der Waals surface area contributed by atoms with E-state index in [0.29, 0.717) is 25.2 Å². The molecule has 0 radical (unpaired) electrons. The molecule has 3 nitrogen and oxygen atoms in total. The minimum atomic E-state index is -1.10. The van der Waals surface area contributed by atoms with Crippen LogP contribution in [0.4, 0.5) is 4.39 Å². The number of halogens is 2. The van der Waals surface area contributed by atoms with E-state index in [1.54, 1.807) is 6.07 Å². The second-order valence-corrected chi connectivity index (χ2v) is 3.60. The average molecular weight is 247 g/mol. The molecule has 0 aliphatic heterocycles. The molecule has 1 N–H and O–H groups in total. The number of hydrogen-bond donors (Lipinski definition) is 1. The first-order valence-corrected chi connectivity index (χ1v) is 5.24. The van der Waals surface area contributed by atoms with Gasteiger partial charge in [0.1, 0.15) is 5.75 Å². The first-order valence-electron chi connectivity index (χ1n) is 4.86. The van der Waals surface area contributed by atoms with Gasteiger partial charge in [0.2, 0.25) is 0 Å². The summed E-state index contributed by atoms with van der Waals surface area (Å²) in [6.45, 7) is -0.00499. The van der Waals surface area contributed by atoms with E-state index >= 15 is 0 Å². The number of carbonyl (C=O) groups is 1. The Kier molecular flexibility index (Phi) is 5.05. The van der Waals surface area contributed by atoms with Crippen LogP contribution in [0.3, 0.4) is 0 Å². The van der Waals surface area contributed by atoms with Crippen LogP contribution in [0, 0.1) is 0 Å². The Labute approximate surface area is 97.8 Å². The lowest BCUT2D eigenvalue weighted by Crippen LogP contribution is -2.01. The molecule has 0 saturated heterocycles. The Morgan fingerprint density at radius 2 is 2.19 bits per heavy atom. The molecule has 0 amide bonds. The smallest absolute Gasteiger partial charge is 0.337 e. The molecular weight excluding hydrogens is 235 g/mol. The van der Waals surface area contributed by atoms with Crippen molar-refractivity contribution in [2.45, 2.75) is 12.8 Å². The Hall–Kier alpha value is -1.29. The van der Waals surface area contributed by atoms with Gasteiger partial charge in [-0.1, -0.05) is 11.6 Å². The number of rotatable bonds is 6. The van der Waals surface area contributed by atoms with Crippen molar-refractivity contribution < 1.29 is 19.0 Å². The lowest BCUT2D eigenvalue weighted by Gasteiger charge is -2.06. The minimum Gasteiger partial charge on any atom is -0.494 e. The third-order valence-electron chi connectivity index (χ3n) is 1.96. The van der Waals surface area contributed by atoms with Crippen LogP contribution in [0.2, 0.25) is 5.02 Å². The second-order valence-electron chi connectivity index (χ2n) is 3.19. The molecule has 16 heavy (non-hydrogen) atoms. The van der Waals surface area contributed by atoms with E-state index < -0.39 is 5.97 Å². The lowest BCUT2D eigenvalue weighted by atomic mass is 10.2. The van der Waals surface area contributed by atoms with Gasteiger partial charge in [-0.05, 0) is 31.0 Å². The normalized spacial score (nSPS) is 10.1. The molecule has 5 heteroatoms. The summed E-state index contributed by atoms with van der Waals surface area (Å²) < 4.78 is 17.1. The summed E-state index contributed by atoms with van der Waals surface area (Å²) in [5.74, 6) is -0.667. The molecule has 0 atom stereocenters. The van der Waals surface area contributed by atoms with Gasteiger partial charge >= 0.3 is 5.97 Å². The Bertz CT molecular complexity index is 368. The molecule has 0 unspecified atom stereocenters. The number of alkyl halides is 1. The Morgan fingerprint density at radius 1 is 1.44 bits per heavy atom. The number of unbranched alkanes of at least 4 members (excludes halogenated alkanes) is 1. The van der Waals surface area contributed by atoms with Crippen LogP contribution in [0.25, 0.3) is 0 Å². The molecule has 0 aliphatic rings. The molecule has 88 valence electrons. The number of carboxylic acids is 1. The van der Waals surface area contributed by atoms with Crippen LogP contribution in [-0.2, 0) is 0 Å². The van der Waals surface area contributed by atoms with E-state index in [0.717, 1.165) is 0 Å². The molecule has 0 aromatic heterocycles. The summed E-state index contributed by atoms with van der Waals surface area (Å²) in [4.78, 5) is 10.8. The fraction of sp³-hybridized carbons (Fsp3) is 0.364. The molecule has 0 fully saturated rings. The van der Waals surface area contributed by atoms with E-state index in [-0.39, 0.29) is 17.3 Å². The first kappa shape index (κ1) is 12.8. The molecular formula is C11H12ClFO3. The topological polar surface area (TPSA) is 46.5 Å². The van der Waals surface area contributed by atoms with Gasteiger partial charge in [0.05, 0.1) is 23.9 Å². The Balaban J connectivity index is 2.61. The lowest BCUT2D eigenvalue weighted by molar-refractivity contribution is 0.0696. The van der Waals surface area contributed by atoms with Crippen LogP contribution >= 0.6 is 11.6 Å². The quantitative estimate of drug-likeness (QED) is 0.785. The van der Waals surface area contributed by atoms with Crippen LogP contribution in [-0.4, -0.2) is 24.4 Å². The van der Waals surface area contributed by atoms with Crippen LogP contribution in [0.1, 0.15) is 23.2 Å². The van der Waals surface area contributed by atoms with Gasteiger partial charge in [-0.25, -0.2) is 4.79 Å². The fourth-order valence-electron chi connectivity index (χ4n) is 1.14. The predicted molar refractivity (Wildman–Crippen MR) is 59.1 cm³/mol. The third-order valence-corrected chi connectivity index (χ3v) is 2.29. The van der Waals surface area contributed by atoms with Crippen molar-refractivity contribution in [2.75, 3.05) is 13.3 Å². The number of carboxylic acid groups (broad SMARTS) is 1. The van der Waals surface area contributed by atoms with Crippen LogP contribution in [0.5, 0.6) is 5.75 Å². The van der Waals surface area contributed by atoms with Crippen molar-refractivity contribution >= 4 is 17.6 Å². The highest BCUT2D eigenvalue weighted by molar-refractivity contribution is 6.33. The highest BCUT2D eigenvalue weighted by atomic mass is 35.5. The molecule has 1 aromatic carbocycles. The van der Waals surface area contributed by atoms with Gasteiger partial charge < -0.3 is 9.84 Å². The third kappa shape index (κ3) is 3.70. The molecule has 0 spiro atoms. The van der Waals surface area contributed by atoms with Crippen LogP contribution < -0.4 is 4.74 Å². The van der Waals surface area contributed by atoms with Gasteiger partial charge in [0.25, 0.3) is 0 Å². The van der Waals surface area contributed by atoms with Crippen LogP contribution in [0.15, 0.2) is 18.2 Å². The summed E-state index contributed by atoms with van der Waals surface area (Å²) in [7, 11) is 0. The van der Waals surface area contributed by atoms with E-state index in [4.69, 9.17) is 21.4 Å². The molecule has 0 bridgehead atoms. The fourth-order valence-corrected chi connectivity index (χ4v) is 1.34. The van der Waals surface area contributed by atoms with Crippen molar-refractivity contribution in [3.63, 3.8) is 0 Å². The van der Waals surface area contributed by atoms with Crippen molar-refractivity contribution in [3.05, 3.63) is 28.8 Å². The highest BCUT2D eigenvalue weighted by Gasteiger charge is 2.09. The van der Waals surface area contributed by atoms with E-state index in [1.807, 2.05) is 0 Å². The SMILES string of the molecule is O=C(O)c1cc(OCCCCF)ccc1Cl. The molecule has 0 heterocycles. The highest BCUT2D eigenvalue weighted by Crippen LogP contribution is 2.22. The minimum absolute atomic E-state index is 0.00431. The monoisotopic (exact) mass is 246 g/mol. The molecule has 0 saturated carbocycles. The van der Waals surface area contributed by atoms with Gasteiger partial charge in [-0.15, -0.1) is 0 Å². The van der Waals surface area contributed by atoms with E-state index in [9.17, 15) is 9.18 Å². The van der Waals surface area contributed by atoms with E-state index in [2.05, 4.69) is 0 Å². The maximum Gasteiger partial charge on any atom is 0.337 e. The predicted octanol–water partition coefficient (Wildman–Crippen LogP) is 3.17. The summed E-state index contributed by atoms with van der Waals surface area (Å²) in [5.41, 5.74) is 0.00431. The summed E-state index contributed by atoms with van der Waals surface area (Å²) in [6.07, 6.45) is 1.04. The Morgan fingerprint density at radius 3 is 2.81 bits per heavy atom. The van der Waals surface area contributed by atoms with E-state index in [1.165, 1.54) is 12.1 Å². The van der Waals surface area contributed by atoms with Crippen molar-refractivity contribution in [2.24, 2.45) is 0 Å². The summed E-state index contributed by atoms with van der Waals surface area (Å²) in [6, 6.07) is 4.42. The number of ether oxygens (including phenoxy) is 1. The van der Waals surface area contributed by atoms with Gasteiger partial charge in [-0.3, -0.25) is 4.39 Å². The van der Waals surface area contributed by atoms with Gasteiger partial charge in [0, 0.05) is 0 Å². The zero-order valence-electron chi connectivity index (χ0n) is 8.58. The van der Waals surface area contributed by atoms with Crippen molar-refractivity contribution in [1.29, 1.82) is 0 Å². The zero-order chi connectivity index (χ0) is 12.0. The first-order chi connectivity index (χ1) is 7.65. The number of aromatic carboxylic acids is 1. The number of hydrogen-bond acceptors (Lipinski definition) is 2. The van der Waals surface area contributed by atoms with Crippen molar-refractivity contribution in [1.82, 2.24) is 0 Å². The summed E-state index contributed by atoms with van der Waals surface area (Å²) >= 11 is 5.69. The van der Waals surface area contributed by atoms with Gasteiger partial charge in [-0.2, -0.15) is 0 Å². The summed E-state index contributed by atoms with van der Waals surface area (Å²) in [5, 5.41) is 8.98. The van der Waals surface area contributed by atoms with Crippen molar-refractivity contribution in [3.8, 4) is 5.75 Å². The largest absolute Gasteiger partial charge is 0.494 e. The van der Waals surface area contributed by atoms with Gasteiger partial charge in [0.15, 0.2) is 0 Å².